The van der Waals surface area contributed by atoms with Crippen molar-refractivity contribution in [3.8, 4) is 28.5 Å². The summed E-state index contributed by atoms with van der Waals surface area (Å²) in [5, 5.41) is 17.9. The van der Waals surface area contributed by atoms with Crippen molar-refractivity contribution in [2.24, 2.45) is 0 Å². The number of nitrogens with one attached hydrogen (secondary N) is 1. The van der Waals surface area contributed by atoms with Crippen LogP contribution in [0.3, 0.4) is 0 Å². The first-order valence-electron chi connectivity index (χ1n) is 10.4. The highest BCUT2D eigenvalue weighted by atomic mass is 16.5. The maximum atomic E-state index is 13.5. The highest BCUT2D eigenvalue weighted by Crippen LogP contribution is 2.47. The van der Waals surface area contributed by atoms with E-state index in [2.05, 4.69) is 10.2 Å². The number of fused-ring (bicyclic) bond motifs is 1. The van der Waals surface area contributed by atoms with Gasteiger partial charge in [0, 0.05) is 11.1 Å². The number of amides is 1. The Hall–Kier alpha value is -4.20. The number of rotatable bonds is 6. The zero-order chi connectivity index (χ0) is 23.1. The second-order valence-electron chi connectivity index (χ2n) is 7.92. The number of ether oxygens (including phenoxy) is 2. The van der Waals surface area contributed by atoms with E-state index >= 15 is 0 Å². The zero-order valence-electron chi connectivity index (χ0n) is 18.5. The van der Waals surface area contributed by atoms with Crippen molar-refractivity contribution in [2.75, 3.05) is 14.2 Å². The van der Waals surface area contributed by atoms with Gasteiger partial charge in [-0.25, -0.2) is 0 Å². The minimum absolute atomic E-state index is 0.100. The largest absolute Gasteiger partial charge is 0.502 e. The standard InChI is InChI=1S/C25H23N3O5/c1-14-6-8-15(9-7-14)21-20-22(27-26-21)25(30)28(13-17-5-4-10-33-17)23(20)16-11-18(31-2)24(29)19(12-16)32-3/h4-12,23,29H,13H2,1-3H3,(H,26,27). The first kappa shape index (κ1) is 20.7. The molecule has 0 saturated heterocycles. The molecular formula is C25H23N3O5. The Balaban J connectivity index is 1.70. The Morgan fingerprint density at radius 3 is 2.42 bits per heavy atom. The first-order valence-corrected chi connectivity index (χ1v) is 10.4. The van der Waals surface area contributed by atoms with Crippen molar-refractivity contribution in [3.63, 3.8) is 0 Å². The van der Waals surface area contributed by atoms with E-state index in [0.717, 1.165) is 22.3 Å². The molecule has 33 heavy (non-hydrogen) atoms. The normalized spacial score (nSPS) is 15.1. The summed E-state index contributed by atoms with van der Waals surface area (Å²) in [6, 6.07) is 14.5. The van der Waals surface area contributed by atoms with Crippen molar-refractivity contribution in [1.29, 1.82) is 0 Å². The SMILES string of the molecule is COc1cc(C2c3c(-c4ccc(C)cc4)n[nH]c3C(=O)N2Cc2ccco2)cc(OC)c1O. The number of hydrogen-bond donors (Lipinski definition) is 2. The molecule has 0 spiro atoms. The number of phenolic OH excluding ortho intramolecular Hbond substituents is 1. The first-order chi connectivity index (χ1) is 16.0. The summed E-state index contributed by atoms with van der Waals surface area (Å²) in [6.45, 7) is 2.28. The van der Waals surface area contributed by atoms with Gasteiger partial charge in [-0.05, 0) is 36.8 Å². The lowest BCUT2D eigenvalue weighted by Crippen LogP contribution is -2.29. The number of aryl methyl sites for hydroxylation is 1. The average molecular weight is 445 g/mol. The molecule has 168 valence electrons. The van der Waals surface area contributed by atoms with Crippen LogP contribution in [-0.4, -0.2) is 40.3 Å². The number of carbonyl (C=O) groups is 1. The minimum atomic E-state index is -0.504. The third kappa shape index (κ3) is 3.40. The molecule has 2 aromatic heterocycles. The van der Waals surface area contributed by atoms with E-state index in [9.17, 15) is 9.90 Å². The van der Waals surface area contributed by atoms with Crippen molar-refractivity contribution in [1.82, 2.24) is 15.1 Å². The van der Waals surface area contributed by atoms with E-state index in [-0.39, 0.29) is 29.7 Å². The number of benzene rings is 2. The third-order valence-corrected chi connectivity index (χ3v) is 5.91. The van der Waals surface area contributed by atoms with Crippen LogP contribution in [0.5, 0.6) is 17.2 Å². The molecule has 0 saturated carbocycles. The van der Waals surface area contributed by atoms with Gasteiger partial charge in [-0.15, -0.1) is 0 Å². The molecule has 0 bridgehead atoms. The van der Waals surface area contributed by atoms with Crippen LogP contribution in [0.15, 0.2) is 59.2 Å². The van der Waals surface area contributed by atoms with Gasteiger partial charge in [-0.3, -0.25) is 9.89 Å². The number of carbonyl (C=O) groups excluding carboxylic acids is 1. The number of H-pyrrole nitrogens is 1. The van der Waals surface area contributed by atoms with Crippen LogP contribution >= 0.6 is 0 Å². The van der Waals surface area contributed by atoms with Crippen LogP contribution in [-0.2, 0) is 6.54 Å². The summed E-state index contributed by atoms with van der Waals surface area (Å²) in [5.74, 6) is 0.869. The van der Waals surface area contributed by atoms with Crippen molar-refractivity contribution < 1.29 is 23.8 Å². The summed E-state index contributed by atoms with van der Waals surface area (Å²) < 4.78 is 16.3. The van der Waals surface area contributed by atoms with E-state index in [1.54, 1.807) is 29.4 Å². The van der Waals surface area contributed by atoms with E-state index < -0.39 is 6.04 Å². The average Bonchev–Trinajstić information content (AvgIpc) is 3.54. The lowest BCUT2D eigenvalue weighted by molar-refractivity contribution is 0.0716. The fraction of sp³-hybridized carbons (Fsp3) is 0.200. The van der Waals surface area contributed by atoms with Gasteiger partial charge in [0.25, 0.3) is 5.91 Å². The summed E-state index contributed by atoms with van der Waals surface area (Å²) in [7, 11) is 2.94. The number of aromatic nitrogens is 2. The number of nitrogens with zero attached hydrogens (tertiary/aromatic N) is 2. The van der Waals surface area contributed by atoms with Gasteiger partial charge in [0.1, 0.15) is 11.5 Å². The Morgan fingerprint density at radius 2 is 1.82 bits per heavy atom. The Morgan fingerprint density at radius 1 is 1.12 bits per heavy atom. The second-order valence-corrected chi connectivity index (χ2v) is 7.92. The molecule has 0 radical (unpaired) electrons. The Kier molecular flexibility index (Phi) is 5.05. The topological polar surface area (TPSA) is 101 Å². The summed E-state index contributed by atoms with van der Waals surface area (Å²) in [5.41, 5.74) is 4.61. The predicted octanol–water partition coefficient (Wildman–Crippen LogP) is 4.45. The zero-order valence-corrected chi connectivity index (χ0v) is 18.5. The molecule has 8 heteroatoms. The summed E-state index contributed by atoms with van der Waals surface area (Å²) in [6.07, 6.45) is 1.58. The molecule has 1 unspecified atom stereocenters. The fourth-order valence-corrected chi connectivity index (χ4v) is 4.28. The van der Waals surface area contributed by atoms with Crippen molar-refractivity contribution in [3.05, 3.63) is 82.9 Å². The Labute approximate surface area is 190 Å². The van der Waals surface area contributed by atoms with Crippen LogP contribution in [0, 0.1) is 6.92 Å². The van der Waals surface area contributed by atoms with Crippen molar-refractivity contribution in [2.45, 2.75) is 19.5 Å². The molecule has 3 heterocycles. The molecule has 2 N–H and O–H groups in total. The molecule has 0 aliphatic carbocycles. The Bertz CT molecular complexity index is 1280. The molecule has 1 amide bonds. The summed E-state index contributed by atoms with van der Waals surface area (Å²) in [4.78, 5) is 15.2. The molecule has 1 aliphatic heterocycles. The van der Waals surface area contributed by atoms with Crippen molar-refractivity contribution >= 4 is 5.91 Å². The molecule has 1 atom stereocenters. The van der Waals surface area contributed by atoms with Crippen LogP contribution in [0.4, 0.5) is 0 Å². The smallest absolute Gasteiger partial charge is 0.273 e. The van der Waals surface area contributed by atoms with Gasteiger partial charge in [0.15, 0.2) is 11.5 Å². The third-order valence-electron chi connectivity index (χ3n) is 5.91. The van der Waals surface area contributed by atoms with Gasteiger partial charge < -0.3 is 23.9 Å². The maximum absolute atomic E-state index is 13.5. The van der Waals surface area contributed by atoms with E-state index in [4.69, 9.17) is 13.9 Å². The predicted molar refractivity (Wildman–Crippen MR) is 120 cm³/mol. The maximum Gasteiger partial charge on any atom is 0.273 e. The molecular weight excluding hydrogens is 422 g/mol. The molecule has 8 nitrogen and oxygen atoms in total. The highest BCUT2D eigenvalue weighted by Gasteiger charge is 2.43. The van der Waals surface area contributed by atoms with Gasteiger partial charge >= 0.3 is 0 Å². The fourth-order valence-electron chi connectivity index (χ4n) is 4.28. The molecule has 0 fully saturated rings. The van der Waals surface area contributed by atoms with Crippen LogP contribution in [0.2, 0.25) is 0 Å². The molecule has 1 aliphatic rings. The molecule has 2 aromatic carbocycles. The molecule has 5 rings (SSSR count). The van der Waals surface area contributed by atoms with E-state index in [1.807, 2.05) is 37.3 Å². The van der Waals surface area contributed by atoms with E-state index in [0.29, 0.717) is 17.1 Å². The van der Waals surface area contributed by atoms with E-state index in [1.165, 1.54) is 14.2 Å². The van der Waals surface area contributed by atoms with Gasteiger partial charge in [0.2, 0.25) is 5.75 Å². The summed E-state index contributed by atoms with van der Waals surface area (Å²) >= 11 is 0. The molecule has 4 aromatic rings. The lowest BCUT2D eigenvalue weighted by atomic mass is 9.95. The number of aromatic hydroxyl groups is 1. The number of hydrogen-bond acceptors (Lipinski definition) is 6. The van der Waals surface area contributed by atoms with Gasteiger partial charge in [0.05, 0.1) is 38.8 Å². The highest BCUT2D eigenvalue weighted by molar-refractivity contribution is 6.00. The van der Waals surface area contributed by atoms with Crippen LogP contribution < -0.4 is 9.47 Å². The monoisotopic (exact) mass is 445 g/mol. The van der Waals surface area contributed by atoms with Gasteiger partial charge in [-0.2, -0.15) is 5.10 Å². The number of phenols is 1. The number of aromatic amines is 1. The number of furan rings is 1. The minimum Gasteiger partial charge on any atom is -0.502 e. The lowest BCUT2D eigenvalue weighted by Gasteiger charge is -2.26. The van der Waals surface area contributed by atoms with Gasteiger partial charge in [-0.1, -0.05) is 29.8 Å². The second kappa shape index (κ2) is 8.05. The quantitative estimate of drug-likeness (QED) is 0.455. The van der Waals surface area contributed by atoms with Crippen LogP contribution in [0.25, 0.3) is 11.3 Å². The number of methoxy groups -OCH3 is 2. The van der Waals surface area contributed by atoms with Crippen LogP contribution in [0.1, 0.15) is 39.0 Å².